The minimum atomic E-state index is 0.250. The Morgan fingerprint density at radius 1 is 1.46 bits per heavy atom. The first-order valence-corrected chi connectivity index (χ1v) is 10.0. The fourth-order valence-corrected chi connectivity index (χ4v) is 6.49. The maximum Gasteiger partial charge on any atom is 0.0633 e. The molecule has 1 spiro atoms. The molecule has 3 heterocycles. The molecule has 0 amide bonds. The van der Waals surface area contributed by atoms with Crippen molar-refractivity contribution in [1.29, 1.82) is 5.26 Å². The lowest BCUT2D eigenvalue weighted by molar-refractivity contribution is 0.298. The molecule has 1 saturated carbocycles. The van der Waals surface area contributed by atoms with Crippen LogP contribution in [0, 0.1) is 16.7 Å². The third kappa shape index (κ3) is 2.61. The Morgan fingerprint density at radius 3 is 3.21 bits per heavy atom. The molecule has 0 aromatic carbocycles. The monoisotopic (exact) mass is 342 g/mol. The average Bonchev–Trinajstić information content (AvgIpc) is 2.96. The second-order valence-corrected chi connectivity index (χ2v) is 8.64. The van der Waals surface area contributed by atoms with E-state index in [1.807, 2.05) is 11.8 Å². The van der Waals surface area contributed by atoms with E-state index in [9.17, 15) is 5.26 Å². The molecule has 3 atom stereocenters. The molecular formula is C19H26N4S. The lowest BCUT2D eigenvalue weighted by Gasteiger charge is -2.45. The van der Waals surface area contributed by atoms with Crippen LogP contribution >= 0.6 is 11.8 Å². The highest BCUT2D eigenvalue weighted by Crippen LogP contribution is 2.64. The van der Waals surface area contributed by atoms with Crippen molar-refractivity contribution in [3.63, 3.8) is 0 Å². The van der Waals surface area contributed by atoms with Crippen LogP contribution in [0.2, 0.25) is 0 Å². The maximum atomic E-state index is 9.19. The van der Waals surface area contributed by atoms with Gasteiger partial charge in [-0.3, -0.25) is 0 Å². The lowest BCUT2D eigenvalue weighted by atomic mass is 9.65. The van der Waals surface area contributed by atoms with E-state index in [-0.39, 0.29) is 5.41 Å². The standard InChI is InChI=1S/C19H26N4S/c20-7-4-16-12-19-6-2-1-3-14(19)13-23-10-5-15(22-9-8-21)11-17(23)18(19)24-16/h5,10,13,15-16,22H,1-4,6,8-9,11-12,21H2/t15-,16+,19?/m1/s1. The molecule has 0 aromatic rings. The highest BCUT2D eigenvalue weighted by atomic mass is 32.2. The number of thioether (sulfide) groups is 1. The van der Waals surface area contributed by atoms with E-state index in [2.05, 4.69) is 34.8 Å². The summed E-state index contributed by atoms with van der Waals surface area (Å²) in [6.45, 7) is 1.53. The van der Waals surface area contributed by atoms with Gasteiger partial charge < -0.3 is 16.0 Å². The van der Waals surface area contributed by atoms with E-state index >= 15 is 0 Å². The molecule has 1 unspecified atom stereocenters. The Balaban J connectivity index is 1.70. The summed E-state index contributed by atoms with van der Waals surface area (Å²) in [5.74, 6) is 0. The quantitative estimate of drug-likeness (QED) is 0.821. The summed E-state index contributed by atoms with van der Waals surface area (Å²) in [5, 5.41) is 13.2. The van der Waals surface area contributed by atoms with Gasteiger partial charge in [-0.25, -0.2) is 0 Å². The largest absolute Gasteiger partial charge is 0.329 e. The van der Waals surface area contributed by atoms with Gasteiger partial charge in [0.1, 0.15) is 0 Å². The number of hydrogen-bond donors (Lipinski definition) is 2. The first kappa shape index (κ1) is 16.3. The van der Waals surface area contributed by atoms with Crippen molar-refractivity contribution in [3.05, 3.63) is 34.7 Å². The zero-order valence-corrected chi connectivity index (χ0v) is 14.9. The van der Waals surface area contributed by atoms with Crippen LogP contribution in [0.4, 0.5) is 0 Å². The van der Waals surface area contributed by atoms with Crippen LogP contribution in [-0.2, 0) is 0 Å². The molecule has 0 radical (unpaired) electrons. The van der Waals surface area contributed by atoms with Crippen LogP contribution in [0.15, 0.2) is 34.7 Å². The van der Waals surface area contributed by atoms with Crippen molar-refractivity contribution in [2.45, 2.75) is 56.2 Å². The van der Waals surface area contributed by atoms with E-state index in [4.69, 9.17) is 5.73 Å². The number of allylic oxidation sites excluding steroid dienone is 2. The van der Waals surface area contributed by atoms with E-state index < -0.39 is 0 Å². The highest BCUT2D eigenvalue weighted by molar-refractivity contribution is 8.04. The minimum Gasteiger partial charge on any atom is -0.329 e. The summed E-state index contributed by atoms with van der Waals surface area (Å²) in [7, 11) is 0. The Labute approximate surface area is 148 Å². The Kier molecular flexibility index (Phi) is 4.46. The number of rotatable bonds is 4. The molecule has 3 aliphatic heterocycles. The molecule has 2 fully saturated rings. The lowest BCUT2D eigenvalue weighted by Crippen LogP contribution is -2.39. The predicted molar refractivity (Wildman–Crippen MR) is 98.7 cm³/mol. The van der Waals surface area contributed by atoms with Crippen LogP contribution in [0.1, 0.15) is 44.9 Å². The SMILES string of the molecule is N#CC[C@H]1CC23CCCCC2=CN2C=C[C@@H](NCCN)CC2=C3S1. The van der Waals surface area contributed by atoms with Crippen LogP contribution in [-0.4, -0.2) is 29.3 Å². The zero-order chi connectivity index (χ0) is 16.6. The van der Waals surface area contributed by atoms with E-state index in [1.165, 1.54) is 31.4 Å². The number of fused-ring (bicyclic) bond motifs is 1. The Morgan fingerprint density at radius 2 is 2.38 bits per heavy atom. The smallest absolute Gasteiger partial charge is 0.0633 e. The third-order valence-corrected chi connectivity index (χ3v) is 7.37. The van der Waals surface area contributed by atoms with Crippen LogP contribution in [0.25, 0.3) is 0 Å². The number of nitrogens with zero attached hydrogens (tertiary/aromatic N) is 2. The number of hydrogen-bond acceptors (Lipinski definition) is 5. The van der Waals surface area contributed by atoms with Gasteiger partial charge >= 0.3 is 0 Å². The van der Waals surface area contributed by atoms with Gasteiger partial charge in [-0.15, -0.1) is 11.8 Å². The predicted octanol–water partition coefficient (Wildman–Crippen LogP) is 3.21. The van der Waals surface area contributed by atoms with Crippen molar-refractivity contribution >= 4 is 11.8 Å². The topological polar surface area (TPSA) is 65.1 Å². The normalized spacial score (nSPS) is 34.3. The van der Waals surface area contributed by atoms with Gasteiger partial charge in [0.25, 0.3) is 0 Å². The van der Waals surface area contributed by atoms with E-state index in [1.54, 1.807) is 10.5 Å². The second kappa shape index (κ2) is 6.59. The number of nitriles is 1. The number of nitrogens with two attached hydrogens (primary N) is 1. The Hall–Kier alpha value is -1.22. The summed E-state index contributed by atoms with van der Waals surface area (Å²) in [6, 6.07) is 2.78. The minimum absolute atomic E-state index is 0.250. The van der Waals surface area contributed by atoms with Gasteiger partial charge in [0, 0.05) is 65.6 Å². The molecule has 4 nitrogen and oxygen atoms in total. The van der Waals surface area contributed by atoms with Crippen LogP contribution < -0.4 is 11.1 Å². The molecule has 128 valence electrons. The molecule has 4 rings (SSSR count). The van der Waals surface area contributed by atoms with E-state index in [0.717, 1.165) is 19.4 Å². The fraction of sp³-hybridized carbons (Fsp3) is 0.632. The first-order chi connectivity index (χ1) is 11.8. The average molecular weight is 343 g/mol. The zero-order valence-electron chi connectivity index (χ0n) is 14.1. The van der Waals surface area contributed by atoms with Crippen LogP contribution in [0.3, 0.4) is 0 Å². The van der Waals surface area contributed by atoms with Gasteiger partial charge in [0.15, 0.2) is 0 Å². The van der Waals surface area contributed by atoms with E-state index in [0.29, 0.717) is 24.3 Å². The second-order valence-electron chi connectivity index (χ2n) is 7.33. The molecule has 0 aromatic heterocycles. The summed E-state index contributed by atoms with van der Waals surface area (Å²) in [6.07, 6.45) is 14.9. The molecule has 24 heavy (non-hydrogen) atoms. The van der Waals surface area contributed by atoms with Crippen LogP contribution in [0.5, 0.6) is 0 Å². The van der Waals surface area contributed by atoms with Crippen molar-refractivity contribution in [2.75, 3.05) is 13.1 Å². The maximum absolute atomic E-state index is 9.19. The third-order valence-electron chi connectivity index (χ3n) is 5.84. The fourth-order valence-electron chi connectivity index (χ4n) is 4.76. The van der Waals surface area contributed by atoms with Gasteiger partial charge in [-0.05, 0) is 31.3 Å². The summed E-state index contributed by atoms with van der Waals surface area (Å²) >= 11 is 2.00. The molecule has 3 N–H and O–H groups in total. The first-order valence-electron chi connectivity index (χ1n) is 9.15. The van der Waals surface area contributed by atoms with Gasteiger partial charge in [-0.1, -0.05) is 12.5 Å². The summed E-state index contributed by atoms with van der Waals surface area (Å²) in [4.78, 5) is 3.93. The highest BCUT2D eigenvalue weighted by Gasteiger charge is 2.51. The van der Waals surface area contributed by atoms with Gasteiger partial charge in [0.05, 0.1) is 6.07 Å². The van der Waals surface area contributed by atoms with Crippen molar-refractivity contribution in [2.24, 2.45) is 11.1 Å². The molecule has 1 saturated heterocycles. The molecule has 1 aliphatic carbocycles. The summed E-state index contributed by atoms with van der Waals surface area (Å²) in [5.41, 5.74) is 8.97. The van der Waals surface area contributed by atoms with Crippen molar-refractivity contribution in [1.82, 2.24) is 10.2 Å². The molecule has 0 bridgehead atoms. The summed E-state index contributed by atoms with van der Waals surface area (Å²) < 4.78 is 0. The number of nitrogens with one attached hydrogen (secondary N) is 1. The molecule has 4 aliphatic rings. The van der Waals surface area contributed by atoms with Gasteiger partial charge in [-0.2, -0.15) is 5.26 Å². The van der Waals surface area contributed by atoms with Crippen molar-refractivity contribution < 1.29 is 0 Å². The van der Waals surface area contributed by atoms with Crippen molar-refractivity contribution in [3.8, 4) is 6.07 Å². The molecule has 5 heteroatoms. The Bertz CT molecular complexity index is 644. The van der Waals surface area contributed by atoms with Gasteiger partial charge in [0.2, 0.25) is 0 Å². The molecular weight excluding hydrogens is 316 g/mol.